The zero-order valence-electron chi connectivity index (χ0n) is 9.09. The summed E-state index contributed by atoms with van der Waals surface area (Å²) in [6, 6.07) is 0. The van der Waals surface area contributed by atoms with Crippen molar-refractivity contribution in [1.29, 1.82) is 0 Å². The molecule has 2 N–H and O–H groups in total. The summed E-state index contributed by atoms with van der Waals surface area (Å²) in [4.78, 5) is 43.2. The van der Waals surface area contributed by atoms with Gasteiger partial charge in [0.05, 0.1) is 0 Å². The first-order chi connectivity index (χ1) is 8.72. The first kappa shape index (κ1) is 13.9. The lowest BCUT2D eigenvalue weighted by molar-refractivity contribution is -0.789. The zero-order valence-corrected chi connectivity index (χ0v) is 9.09. The van der Waals surface area contributed by atoms with E-state index in [-0.39, 0.29) is 0 Å². The Kier molecular flexibility index (Phi) is 3.35. The molecule has 0 aliphatic carbocycles. The van der Waals surface area contributed by atoms with E-state index < -0.39 is 38.1 Å². The summed E-state index contributed by atoms with van der Waals surface area (Å²) >= 11 is 0. The van der Waals surface area contributed by atoms with Crippen LogP contribution in [0, 0.1) is 30.3 Å². The largest absolute Gasteiger partial charge is 0.576 e. The van der Waals surface area contributed by atoms with E-state index in [1.54, 1.807) is 0 Å². The summed E-state index contributed by atoms with van der Waals surface area (Å²) in [6.07, 6.45) is 0. The maximum absolute atomic E-state index is 11.2. The second-order valence-corrected chi connectivity index (χ2v) is 3.12. The molecule has 0 fully saturated rings. The number of ketones is 1. The number of hydrogen-bond donors (Lipinski definition) is 2. The van der Waals surface area contributed by atoms with E-state index in [2.05, 4.69) is 10.1 Å². The number of aromatic nitrogens is 3. The van der Waals surface area contributed by atoms with Crippen molar-refractivity contribution >= 4 is 11.7 Å². The lowest BCUT2D eigenvalue weighted by Gasteiger charge is -2.09. The molecule has 0 atom stereocenters. The lowest BCUT2D eigenvalue weighted by atomic mass is 10.1. The number of Topliss-reactive ketones (excluding diaryl/α,β-unsaturated/α-hetero) is 1. The summed E-state index contributed by atoms with van der Waals surface area (Å²) in [6.45, 7) is 0.614. The van der Waals surface area contributed by atoms with E-state index in [1.807, 2.05) is 5.10 Å². The van der Waals surface area contributed by atoms with Crippen LogP contribution < -0.4 is 5.43 Å². The molecule has 1 heterocycles. The number of nitro groups is 3. The Morgan fingerprint density at radius 3 is 2.16 bits per heavy atom. The van der Waals surface area contributed by atoms with Crippen molar-refractivity contribution in [3.8, 4) is 0 Å². The quantitative estimate of drug-likeness (QED) is 0.357. The van der Waals surface area contributed by atoms with E-state index in [4.69, 9.17) is 0 Å². The third kappa shape index (κ3) is 2.13. The molecular formula is C5H5N7O7. The number of anilines is 1. The van der Waals surface area contributed by atoms with Gasteiger partial charge in [0, 0.05) is 6.92 Å². The van der Waals surface area contributed by atoms with Crippen LogP contribution in [-0.4, -0.2) is 35.8 Å². The summed E-state index contributed by atoms with van der Waals surface area (Å²) < 4.78 is 0. The van der Waals surface area contributed by atoms with E-state index in [0.717, 1.165) is 0 Å². The molecule has 14 nitrogen and oxygen atoms in total. The van der Waals surface area contributed by atoms with Crippen LogP contribution in [0.1, 0.15) is 12.7 Å². The van der Waals surface area contributed by atoms with Gasteiger partial charge in [0.15, 0.2) is 5.03 Å². The number of rotatable bonds is 6. The van der Waals surface area contributed by atoms with Gasteiger partial charge in [-0.05, 0) is 0 Å². The Morgan fingerprint density at radius 1 is 1.26 bits per heavy atom. The number of hydrogen-bond acceptors (Lipinski definition) is 9. The maximum atomic E-state index is 11.2. The van der Waals surface area contributed by atoms with Gasteiger partial charge in [0.25, 0.3) is 11.7 Å². The first-order valence-electron chi connectivity index (χ1n) is 4.36. The van der Waals surface area contributed by atoms with Gasteiger partial charge in [0.2, 0.25) is 0 Å². The molecule has 102 valence electrons. The molecule has 0 spiro atoms. The van der Waals surface area contributed by atoms with Crippen LogP contribution in [0.25, 0.3) is 0 Å². The summed E-state index contributed by atoms with van der Waals surface area (Å²) in [5.74, 6) is -3.25. The van der Waals surface area contributed by atoms with Crippen molar-refractivity contribution in [2.45, 2.75) is 12.6 Å². The van der Waals surface area contributed by atoms with Crippen molar-refractivity contribution in [2.75, 3.05) is 5.43 Å². The average molecular weight is 275 g/mol. The minimum Gasteiger partial charge on any atom is -0.283 e. The van der Waals surface area contributed by atoms with Crippen LogP contribution in [0.3, 0.4) is 0 Å². The number of nitrogens with zero attached hydrogens (tertiary/aromatic N) is 5. The number of carbonyl (C=O) groups is 1. The Morgan fingerprint density at radius 2 is 1.79 bits per heavy atom. The van der Waals surface area contributed by atoms with Crippen LogP contribution in [0.5, 0.6) is 0 Å². The fourth-order valence-corrected chi connectivity index (χ4v) is 1.20. The van der Waals surface area contributed by atoms with Gasteiger partial charge < -0.3 is 0 Å². The fraction of sp³-hybridized carbons (Fsp3) is 0.400. The number of H-pyrrole nitrogens is 1. The Bertz CT molecular complexity index is 528. The Balaban J connectivity index is 3.38. The van der Waals surface area contributed by atoms with Gasteiger partial charge in [0.1, 0.15) is 9.85 Å². The molecule has 0 saturated carbocycles. The number of hydrazine groups is 1. The van der Waals surface area contributed by atoms with Crippen molar-refractivity contribution in [3.05, 3.63) is 36.2 Å². The molecule has 0 amide bonds. The monoisotopic (exact) mass is 275 g/mol. The molecule has 0 bridgehead atoms. The SMILES string of the molecule is CC(=O)C(c1n[nH]c(N[N+](=O)[O-])n1)([N+](=O)[O-])[N+](=O)[O-]. The fourth-order valence-electron chi connectivity index (χ4n) is 1.20. The third-order valence-electron chi connectivity index (χ3n) is 2.01. The maximum Gasteiger partial charge on any atom is 0.576 e. The van der Waals surface area contributed by atoms with Gasteiger partial charge in [-0.2, -0.15) is 4.98 Å². The van der Waals surface area contributed by atoms with Gasteiger partial charge in [-0.25, -0.2) is 15.2 Å². The van der Waals surface area contributed by atoms with Crippen LogP contribution >= 0.6 is 0 Å². The molecule has 1 rings (SSSR count). The second-order valence-electron chi connectivity index (χ2n) is 3.12. The second kappa shape index (κ2) is 4.59. The van der Waals surface area contributed by atoms with Gasteiger partial charge in [-0.3, -0.25) is 25.0 Å². The molecule has 0 aromatic carbocycles. The molecule has 1 aromatic rings. The van der Waals surface area contributed by atoms with Gasteiger partial charge in [-0.1, -0.05) is 5.43 Å². The topological polar surface area (TPSA) is 200 Å². The van der Waals surface area contributed by atoms with Crippen LogP contribution in [0.2, 0.25) is 0 Å². The summed E-state index contributed by atoms with van der Waals surface area (Å²) in [5.41, 5.74) is -1.96. The first-order valence-corrected chi connectivity index (χ1v) is 4.36. The van der Waals surface area contributed by atoms with Crippen molar-refractivity contribution in [3.63, 3.8) is 0 Å². The van der Waals surface area contributed by atoms with E-state index in [1.165, 1.54) is 5.43 Å². The normalized spacial score (nSPS) is 10.8. The minimum absolute atomic E-state index is 0.614. The van der Waals surface area contributed by atoms with Crippen LogP contribution in [0.15, 0.2) is 0 Å². The lowest BCUT2D eigenvalue weighted by Crippen LogP contribution is -2.50. The highest BCUT2D eigenvalue weighted by atomic mass is 16.7. The highest BCUT2D eigenvalue weighted by Gasteiger charge is 2.67. The molecular weight excluding hydrogens is 270 g/mol. The summed E-state index contributed by atoms with van der Waals surface area (Å²) in [5, 5.41) is 35.6. The van der Waals surface area contributed by atoms with Gasteiger partial charge in [-0.15, -0.1) is 5.10 Å². The molecule has 19 heavy (non-hydrogen) atoms. The Labute approximate surface area is 102 Å². The van der Waals surface area contributed by atoms with Crippen molar-refractivity contribution in [2.24, 2.45) is 0 Å². The standard InChI is InChI=1S/C5H5N7O7/c1-2(13)5(10(14)15,11(16)17)3-6-4(8-7-3)9-12(18)19/h1H3,(H2,6,7,8,9). The molecule has 0 unspecified atom stereocenters. The molecule has 0 aliphatic heterocycles. The molecule has 0 radical (unpaired) electrons. The van der Waals surface area contributed by atoms with E-state index in [0.29, 0.717) is 6.92 Å². The number of carbonyl (C=O) groups excluding carboxylic acids is 1. The summed E-state index contributed by atoms with van der Waals surface area (Å²) in [7, 11) is 0. The third-order valence-corrected chi connectivity index (χ3v) is 2.01. The highest BCUT2D eigenvalue weighted by molar-refractivity contribution is 5.83. The average Bonchev–Trinajstić information content (AvgIpc) is 2.64. The van der Waals surface area contributed by atoms with Crippen molar-refractivity contribution < 1.29 is 19.7 Å². The minimum atomic E-state index is -3.41. The van der Waals surface area contributed by atoms with Crippen LogP contribution in [0.4, 0.5) is 5.95 Å². The predicted octanol–water partition coefficient (Wildman–Crippen LogP) is -1.30. The number of aromatic amines is 1. The molecule has 1 aromatic heterocycles. The smallest absolute Gasteiger partial charge is 0.283 e. The van der Waals surface area contributed by atoms with E-state index >= 15 is 0 Å². The van der Waals surface area contributed by atoms with Gasteiger partial charge >= 0.3 is 11.5 Å². The van der Waals surface area contributed by atoms with Crippen molar-refractivity contribution in [1.82, 2.24) is 15.2 Å². The molecule has 0 aliphatic rings. The predicted molar refractivity (Wildman–Crippen MR) is 53.3 cm³/mol. The van der Waals surface area contributed by atoms with E-state index in [9.17, 15) is 35.1 Å². The zero-order chi connectivity index (χ0) is 14.8. The van der Waals surface area contributed by atoms with Crippen LogP contribution in [-0.2, 0) is 10.5 Å². The molecule has 14 heteroatoms. The number of nitrogens with one attached hydrogen (secondary N) is 2. The Hall–Kier alpha value is -3.19. The highest BCUT2D eigenvalue weighted by Crippen LogP contribution is 2.24. The molecule has 0 saturated heterocycles.